The summed E-state index contributed by atoms with van der Waals surface area (Å²) < 4.78 is 4.37. The molecule has 0 spiro atoms. The summed E-state index contributed by atoms with van der Waals surface area (Å²) in [6, 6.07) is 0. The van der Waals surface area contributed by atoms with Crippen LogP contribution in [0.4, 0.5) is 0 Å². The van der Waals surface area contributed by atoms with Crippen molar-refractivity contribution >= 4 is 69.9 Å². The predicted octanol–water partition coefficient (Wildman–Crippen LogP) is 5.48. The summed E-state index contributed by atoms with van der Waals surface area (Å²) in [5, 5.41) is 0.213. The van der Waals surface area contributed by atoms with Gasteiger partial charge in [-0.15, -0.1) is 0 Å². The molecule has 1 aromatic rings. The number of hydrogen-bond donors (Lipinski definition) is 0. The van der Waals surface area contributed by atoms with Crippen molar-refractivity contribution in [1.82, 2.24) is 0 Å². The molecule has 0 aliphatic carbocycles. The molecule has 0 aliphatic rings. The molecule has 0 saturated heterocycles. The molecule has 0 aliphatic heterocycles. The summed E-state index contributed by atoms with van der Waals surface area (Å²) in [6.45, 7) is 0. The molecule has 8 heteroatoms. The van der Waals surface area contributed by atoms with Crippen molar-refractivity contribution < 1.29 is 21.4 Å². The molecule has 1 nitrogen and oxygen atoms in total. The van der Waals surface area contributed by atoms with E-state index in [2.05, 4.69) is 4.29 Å². The van der Waals surface area contributed by atoms with Gasteiger partial charge < -0.3 is 4.29 Å². The summed E-state index contributed by atoms with van der Waals surface area (Å²) in [4.78, 5) is 0. The van der Waals surface area contributed by atoms with Gasteiger partial charge in [0.25, 0.3) is 0 Å². The maximum Gasteiger partial charge on any atom is 0.186 e. The van der Waals surface area contributed by atoms with E-state index in [0.29, 0.717) is 0 Å². The van der Waals surface area contributed by atoms with Crippen molar-refractivity contribution in [3.05, 3.63) is 25.1 Å². The molecule has 0 atom stereocenters. The molecule has 0 amide bonds. The quantitative estimate of drug-likeness (QED) is 0.364. The van der Waals surface area contributed by atoms with Gasteiger partial charge in [0.1, 0.15) is 21.9 Å². The van der Waals surface area contributed by atoms with Gasteiger partial charge in [-0.3, -0.25) is 0 Å². The van der Waals surface area contributed by atoms with Gasteiger partial charge in [-0.25, -0.2) is 0 Å². The molecule has 0 fully saturated rings. The number of rotatable bonds is 1. The zero-order valence-corrected chi connectivity index (χ0v) is 11.5. The number of halogens is 6. The largest absolute Gasteiger partial charge is 0.382 e. The molecule has 1 rings (SSSR count). The van der Waals surface area contributed by atoms with Crippen LogP contribution in [0, 0.1) is 0 Å². The molecule has 0 bridgehead atoms. The molecular formula is C6Cl6CuO. The SMILES string of the molecule is ClOc1c(Cl)c(Cl)c(Cl)c(Cl)c1Cl.[Cu]. The van der Waals surface area contributed by atoms with Crippen LogP contribution >= 0.6 is 69.9 Å². The Hall–Kier alpha value is 1.28. The van der Waals surface area contributed by atoms with E-state index < -0.39 is 0 Å². The molecule has 1 radical (unpaired) electrons. The van der Waals surface area contributed by atoms with E-state index in [1.165, 1.54) is 0 Å². The van der Waals surface area contributed by atoms with Gasteiger partial charge in [0.15, 0.2) is 5.75 Å². The molecule has 0 aromatic heterocycles. The topological polar surface area (TPSA) is 9.23 Å². The third kappa shape index (κ3) is 2.69. The fourth-order valence-corrected chi connectivity index (χ4v) is 2.08. The summed E-state index contributed by atoms with van der Waals surface area (Å²) in [5.74, 6) is -0.00981. The van der Waals surface area contributed by atoms with E-state index in [0.717, 1.165) is 0 Å². The van der Waals surface area contributed by atoms with Gasteiger partial charge in [0.2, 0.25) is 0 Å². The van der Waals surface area contributed by atoms with Crippen molar-refractivity contribution in [1.29, 1.82) is 0 Å². The van der Waals surface area contributed by atoms with Crippen molar-refractivity contribution in [2.24, 2.45) is 0 Å². The van der Waals surface area contributed by atoms with Gasteiger partial charge in [-0.1, -0.05) is 58.0 Å². The van der Waals surface area contributed by atoms with Gasteiger partial charge in [-0.05, 0) is 0 Å². The second kappa shape index (κ2) is 6.12. The van der Waals surface area contributed by atoms with Crippen LogP contribution in [0.2, 0.25) is 25.1 Å². The van der Waals surface area contributed by atoms with Crippen molar-refractivity contribution in [2.75, 3.05) is 0 Å². The average molecular weight is 364 g/mol. The van der Waals surface area contributed by atoms with Crippen LogP contribution in [-0.2, 0) is 17.1 Å². The van der Waals surface area contributed by atoms with E-state index in [1.807, 2.05) is 0 Å². The van der Waals surface area contributed by atoms with Crippen LogP contribution in [0.5, 0.6) is 5.75 Å². The van der Waals surface area contributed by atoms with Crippen LogP contribution in [-0.4, -0.2) is 0 Å². The normalized spacial score (nSPS) is 9.57. The minimum atomic E-state index is -0.00981. The Kier molecular flexibility index (Phi) is 6.68. The zero-order valence-electron chi connectivity index (χ0n) is 5.98. The van der Waals surface area contributed by atoms with Crippen molar-refractivity contribution in [3.63, 3.8) is 0 Å². The minimum Gasteiger partial charge on any atom is -0.382 e. The van der Waals surface area contributed by atoms with E-state index >= 15 is 0 Å². The molecular weight excluding hydrogens is 364 g/mol. The van der Waals surface area contributed by atoms with Gasteiger partial charge in [-0.2, -0.15) is 0 Å². The first kappa shape index (κ1) is 15.3. The molecule has 0 unspecified atom stereocenters. The maximum absolute atomic E-state index is 5.71. The van der Waals surface area contributed by atoms with Crippen LogP contribution in [0.15, 0.2) is 0 Å². The third-order valence-electron chi connectivity index (χ3n) is 1.25. The molecule has 14 heavy (non-hydrogen) atoms. The predicted molar refractivity (Wildman–Crippen MR) is 58.0 cm³/mol. The van der Waals surface area contributed by atoms with E-state index in [4.69, 9.17) is 69.9 Å². The third-order valence-corrected chi connectivity index (χ3v) is 3.64. The standard InChI is InChI=1S/C6Cl6O.Cu/c7-1-2(8)4(10)6(13-12)5(11)3(1)9;. The molecule has 0 heterocycles. The first-order valence-corrected chi connectivity index (χ1v) is 5.00. The number of hydrogen-bond acceptors (Lipinski definition) is 1. The second-order valence-electron chi connectivity index (χ2n) is 1.98. The first-order valence-electron chi connectivity index (χ1n) is 2.80. The van der Waals surface area contributed by atoms with Gasteiger partial charge in [0.05, 0.1) is 15.1 Å². The smallest absolute Gasteiger partial charge is 0.186 e. The molecule has 0 N–H and O–H groups in total. The van der Waals surface area contributed by atoms with Crippen molar-refractivity contribution in [2.45, 2.75) is 0 Å². The monoisotopic (exact) mass is 361 g/mol. The Morgan fingerprint density at radius 1 is 0.643 bits per heavy atom. The van der Waals surface area contributed by atoms with Crippen LogP contribution in [0.3, 0.4) is 0 Å². The van der Waals surface area contributed by atoms with E-state index in [9.17, 15) is 0 Å². The van der Waals surface area contributed by atoms with E-state index in [1.54, 1.807) is 0 Å². The van der Waals surface area contributed by atoms with Gasteiger partial charge in [0, 0.05) is 17.1 Å². The number of benzene rings is 1. The van der Waals surface area contributed by atoms with Crippen LogP contribution < -0.4 is 4.29 Å². The fraction of sp³-hybridized carbons (Fsp3) is 0. The summed E-state index contributed by atoms with van der Waals surface area (Å²) in [5.41, 5.74) is 0. The Morgan fingerprint density at radius 3 is 1.21 bits per heavy atom. The van der Waals surface area contributed by atoms with Crippen LogP contribution in [0.25, 0.3) is 0 Å². The Bertz CT molecular complexity index is 326. The summed E-state index contributed by atoms with van der Waals surface area (Å²) >= 11 is 33.6. The Balaban J connectivity index is 0.00000169. The van der Waals surface area contributed by atoms with Crippen LogP contribution in [0.1, 0.15) is 0 Å². The minimum absolute atomic E-state index is 0. The zero-order chi connectivity index (χ0) is 10.2. The molecule has 1 aromatic carbocycles. The Morgan fingerprint density at radius 2 is 0.929 bits per heavy atom. The molecule has 0 saturated carbocycles. The first-order chi connectivity index (χ1) is 6.00. The van der Waals surface area contributed by atoms with E-state index in [-0.39, 0.29) is 47.9 Å². The fourth-order valence-electron chi connectivity index (χ4n) is 0.652. The van der Waals surface area contributed by atoms with Gasteiger partial charge >= 0.3 is 0 Å². The summed E-state index contributed by atoms with van der Waals surface area (Å²) in [7, 11) is 0. The Labute approximate surface area is 121 Å². The second-order valence-corrected chi connectivity index (χ2v) is 4.02. The van der Waals surface area contributed by atoms with Crippen molar-refractivity contribution in [3.8, 4) is 5.75 Å². The average Bonchev–Trinajstić information content (AvgIpc) is 2.13. The summed E-state index contributed by atoms with van der Waals surface area (Å²) in [6.07, 6.45) is 0. The molecule has 83 valence electrons. The maximum atomic E-state index is 5.71.